The molecular weight excluding hydrogens is 464 g/mol. The van der Waals surface area contributed by atoms with Gasteiger partial charge in [0.05, 0.1) is 10.8 Å². The maximum atomic E-state index is 13.4. The highest BCUT2D eigenvalue weighted by Crippen LogP contribution is 2.44. The summed E-state index contributed by atoms with van der Waals surface area (Å²) < 4.78 is 33.9. The third-order valence-electron chi connectivity index (χ3n) is 5.58. The zero-order chi connectivity index (χ0) is 24.6. The molecule has 3 aromatic carbocycles. The minimum atomic E-state index is -3.90. The van der Waals surface area contributed by atoms with Gasteiger partial charge in [-0.05, 0) is 56.3 Å². The molecule has 0 radical (unpaired) electrons. The molecule has 2 heterocycles. The number of sulfonamides is 1. The van der Waals surface area contributed by atoms with E-state index in [-0.39, 0.29) is 16.8 Å². The van der Waals surface area contributed by atoms with Crippen LogP contribution in [0.4, 0.5) is 11.6 Å². The van der Waals surface area contributed by atoms with Gasteiger partial charge in [-0.2, -0.15) is 0 Å². The summed E-state index contributed by atoms with van der Waals surface area (Å²) >= 11 is 0. The van der Waals surface area contributed by atoms with E-state index in [1.807, 2.05) is 48.5 Å². The predicted molar refractivity (Wildman–Crippen MR) is 132 cm³/mol. The van der Waals surface area contributed by atoms with Crippen LogP contribution in [0.15, 0.2) is 83.8 Å². The smallest absolute Gasteiger partial charge is 0.264 e. The number of anilines is 2. The summed E-state index contributed by atoms with van der Waals surface area (Å²) in [5, 5.41) is 2.90. The first kappa shape index (κ1) is 22.5. The molecule has 5 rings (SSSR count). The van der Waals surface area contributed by atoms with Crippen LogP contribution >= 0.6 is 0 Å². The van der Waals surface area contributed by atoms with Crippen LogP contribution < -0.4 is 14.8 Å². The fraction of sp³-hybridized carbons (Fsp3) is 0.115. The molecule has 0 bridgehead atoms. The summed E-state index contributed by atoms with van der Waals surface area (Å²) in [5.74, 6) is 0.463. The van der Waals surface area contributed by atoms with Crippen molar-refractivity contribution in [1.29, 1.82) is 0 Å². The lowest BCUT2D eigenvalue weighted by molar-refractivity contribution is -0.116. The quantitative estimate of drug-likeness (QED) is 0.420. The number of nitrogens with one attached hydrogen (secondary N) is 2. The lowest BCUT2D eigenvalue weighted by Gasteiger charge is -2.27. The SMILES string of the molecule is Cc1cc(C)nc(NS(=O)(=O)c2ccc(NC(=O)C3c4ccccc4Oc4ccccc43)cc2)n1. The van der Waals surface area contributed by atoms with E-state index in [1.165, 1.54) is 12.1 Å². The highest BCUT2D eigenvalue weighted by molar-refractivity contribution is 7.92. The van der Waals surface area contributed by atoms with Gasteiger partial charge in [-0.15, -0.1) is 0 Å². The summed E-state index contributed by atoms with van der Waals surface area (Å²) in [4.78, 5) is 21.6. The lowest BCUT2D eigenvalue weighted by atomic mass is 9.87. The summed E-state index contributed by atoms with van der Waals surface area (Å²) in [5.41, 5.74) is 3.31. The number of carbonyl (C=O) groups excluding carboxylic acids is 1. The Bertz CT molecular complexity index is 1470. The molecule has 0 saturated heterocycles. The van der Waals surface area contributed by atoms with Crippen LogP contribution in [0.2, 0.25) is 0 Å². The van der Waals surface area contributed by atoms with E-state index in [9.17, 15) is 13.2 Å². The third-order valence-corrected chi connectivity index (χ3v) is 6.93. The first-order valence-electron chi connectivity index (χ1n) is 10.9. The highest BCUT2D eigenvalue weighted by Gasteiger charge is 2.32. The lowest BCUT2D eigenvalue weighted by Crippen LogP contribution is -2.25. The number of amides is 1. The number of hydrogen-bond donors (Lipinski definition) is 2. The second kappa shape index (κ2) is 8.84. The van der Waals surface area contributed by atoms with Gasteiger partial charge < -0.3 is 10.1 Å². The largest absolute Gasteiger partial charge is 0.457 e. The first-order chi connectivity index (χ1) is 16.8. The third kappa shape index (κ3) is 4.58. The molecular formula is C26H22N4O4S. The van der Waals surface area contributed by atoms with Crippen LogP contribution in [0.1, 0.15) is 28.4 Å². The number of carbonyl (C=O) groups is 1. The van der Waals surface area contributed by atoms with E-state index in [2.05, 4.69) is 20.0 Å². The van der Waals surface area contributed by atoms with Crippen LogP contribution in [-0.2, 0) is 14.8 Å². The monoisotopic (exact) mass is 486 g/mol. The average molecular weight is 487 g/mol. The van der Waals surface area contributed by atoms with Crippen molar-refractivity contribution in [2.75, 3.05) is 10.0 Å². The van der Waals surface area contributed by atoms with Crippen molar-refractivity contribution in [1.82, 2.24) is 9.97 Å². The zero-order valence-corrected chi connectivity index (χ0v) is 19.8. The molecule has 0 aliphatic carbocycles. The van der Waals surface area contributed by atoms with Gasteiger partial charge in [0.2, 0.25) is 11.9 Å². The number of rotatable bonds is 5. The number of benzene rings is 3. The van der Waals surface area contributed by atoms with E-state index >= 15 is 0 Å². The van der Waals surface area contributed by atoms with Crippen molar-refractivity contribution in [3.63, 3.8) is 0 Å². The predicted octanol–water partition coefficient (Wildman–Crippen LogP) is 4.77. The number of fused-ring (bicyclic) bond motifs is 2. The Kier molecular flexibility index (Phi) is 5.70. The molecule has 0 spiro atoms. The van der Waals surface area contributed by atoms with Crippen LogP contribution in [0, 0.1) is 13.8 Å². The van der Waals surface area contributed by atoms with E-state index in [0.717, 1.165) is 11.1 Å². The fourth-order valence-corrected chi connectivity index (χ4v) is 5.02. The molecule has 35 heavy (non-hydrogen) atoms. The van der Waals surface area contributed by atoms with Crippen LogP contribution in [0.3, 0.4) is 0 Å². The minimum Gasteiger partial charge on any atom is -0.457 e. The molecule has 1 aromatic heterocycles. The maximum absolute atomic E-state index is 13.4. The molecule has 8 nitrogen and oxygen atoms in total. The molecule has 4 aromatic rings. The van der Waals surface area contributed by atoms with Gasteiger partial charge in [0, 0.05) is 28.2 Å². The molecule has 1 aliphatic heterocycles. The van der Waals surface area contributed by atoms with E-state index < -0.39 is 15.9 Å². The summed E-state index contributed by atoms with van der Waals surface area (Å²) in [7, 11) is -3.90. The van der Waals surface area contributed by atoms with Crippen molar-refractivity contribution >= 4 is 27.6 Å². The number of hydrogen-bond acceptors (Lipinski definition) is 6. The Labute approximate surface area is 203 Å². The molecule has 0 atom stereocenters. The van der Waals surface area contributed by atoms with Gasteiger partial charge in [-0.25, -0.2) is 23.1 Å². The zero-order valence-electron chi connectivity index (χ0n) is 19.0. The molecule has 0 saturated carbocycles. The Morgan fingerprint density at radius 1 is 0.829 bits per heavy atom. The molecule has 9 heteroatoms. The molecule has 1 aliphatic rings. The van der Waals surface area contributed by atoms with Crippen molar-refractivity contribution in [2.24, 2.45) is 0 Å². The van der Waals surface area contributed by atoms with Crippen LogP contribution in [0.5, 0.6) is 11.5 Å². The van der Waals surface area contributed by atoms with Crippen LogP contribution in [0.25, 0.3) is 0 Å². The normalized spacial score (nSPS) is 12.7. The molecule has 1 amide bonds. The molecule has 0 unspecified atom stereocenters. The second-order valence-electron chi connectivity index (χ2n) is 8.20. The van der Waals surface area contributed by atoms with Gasteiger partial charge in [0.25, 0.3) is 10.0 Å². The van der Waals surface area contributed by atoms with Crippen LogP contribution in [-0.4, -0.2) is 24.3 Å². The van der Waals surface area contributed by atoms with Crippen molar-refractivity contribution in [3.05, 3.63) is 101 Å². The summed E-state index contributed by atoms with van der Waals surface area (Å²) in [6.07, 6.45) is 0. The number of aryl methyl sites for hydroxylation is 2. The standard InChI is InChI=1S/C26H22N4O4S/c1-16-15-17(2)28-26(27-16)30-35(32,33)19-13-11-18(12-14-19)29-25(31)24-20-7-3-5-9-22(20)34-23-10-6-4-8-21(23)24/h3-15,24H,1-2H3,(H,29,31)(H,27,28,30). The Balaban J connectivity index is 1.37. The minimum absolute atomic E-state index is 0.0109. The fourth-order valence-electron chi connectivity index (χ4n) is 4.07. The van der Waals surface area contributed by atoms with Gasteiger partial charge in [-0.1, -0.05) is 36.4 Å². The Morgan fingerprint density at radius 3 is 1.94 bits per heavy atom. The number of para-hydroxylation sites is 2. The molecule has 0 fully saturated rings. The topological polar surface area (TPSA) is 110 Å². The Hall–Kier alpha value is -4.24. The Morgan fingerprint density at radius 2 is 1.37 bits per heavy atom. The molecule has 2 N–H and O–H groups in total. The van der Waals surface area contributed by atoms with E-state index in [1.54, 1.807) is 32.0 Å². The highest BCUT2D eigenvalue weighted by atomic mass is 32.2. The number of ether oxygens (including phenoxy) is 1. The van der Waals surface area contributed by atoms with Gasteiger partial charge >= 0.3 is 0 Å². The average Bonchev–Trinajstić information content (AvgIpc) is 2.81. The van der Waals surface area contributed by atoms with Gasteiger partial charge in [-0.3, -0.25) is 4.79 Å². The van der Waals surface area contributed by atoms with Crippen molar-refractivity contribution in [2.45, 2.75) is 24.7 Å². The number of aromatic nitrogens is 2. The number of nitrogens with zero attached hydrogens (tertiary/aromatic N) is 2. The maximum Gasteiger partial charge on any atom is 0.264 e. The molecule has 176 valence electrons. The van der Waals surface area contributed by atoms with E-state index in [0.29, 0.717) is 28.6 Å². The summed E-state index contributed by atoms with van der Waals surface area (Å²) in [6, 6.07) is 22.5. The van der Waals surface area contributed by atoms with Gasteiger partial charge in [0.1, 0.15) is 11.5 Å². The van der Waals surface area contributed by atoms with Crippen molar-refractivity contribution < 1.29 is 17.9 Å². The first-order valence-corrected chi connectivity index (χ1v) is 12.4. The van der Waals surface area contributed by atoms with E-state index in [4.69, 9.17) is 4.74 Å². The second-order valence-corrected chi connectivity index (χ2v) is 9.89. The van der Waals surface area contributed by atoms with Crippen molar-refractivity contribution in [3.8, 4) is 11.5 Å². The summed E-state index contributed by atoms with van der Waals surface area (Å²) in [6.45, 7) is 3.53. The van der Waals surface area contributed by atoms with Gasteiger partial charge in [0.15, 0.2) is 0 Å².